The molecule has 0 rings (SSSR count). The van der Waals surface area contributed by atoms with Crippen LogP contribution in [0.25, 0.3) is 0 Å². The third kappa shape index (κ3) is 5.19. The maximum atomic E-state index is 11.0. The van der Waals surface area contributed by atoms with Gasteiger partial charge in [-0.2, -0.15) is 0 Å². The Morgan fingerprint density at radius 3 is 2.31 bits per heavy atom. The summed E-state index contributed by atoms with van der Waals surface area (Å²) in [6, 6.07) is 0. The zero-order valence-corrected chi connectivity index (χ0v) is 7.78. The summed E-state index contributed by atoms with van der Waals surface area (Å²) in [6.07, 6.45) is -1.36. The Morgan fingerprint density at radius 2 is 1.92 bits per heavy atom. The Bertz CT molecular complexity index is 191. The van der Waals surface area contributed by atoms with Crippen molar-refractivity contribution in [2.75, 3.05) is 6.54 Å². The van der Waals surface area contributed by atoms with Gasteiger partial charge in [-0.05, 0) is 0 Å². The average molecular weight is 189 g/mol. The molecule has 0 aromatic heterocycles. The van der Waals surface area contributed by atoms with Crippen molar-refractivity contribution in [3.8, 4) is 0 Å². The lowest BCUT2D eigenvalue weighted by Gasteiger charge is -2.08. The van der Waals surface area contributed by atoms with Crippen LogP contribution in [-0.4, -0.2) is 34.7 Å². The van der Waals surface area contributed by atoms with Gasteiger partial charge in [0.15, 0.2) is 6.10 Å². The van der Waals surface area contributed by atoms with Gasteiger partial charge in [0, 0.05) is 18.9 Å². The van der Waals surface area contributed by atoms with Crippen LogP contribution >= 0.6 is 0 Å². The first-order valence-corrected chi connectivity index (χ1v) is 4.13. The van der Waals surface area contributed by atoms with Gasteiger partial charge in [-0.3, -0.25) is 4.79 Å². The van der Waals surface area contributed by atoms with Crippen molar-refractivity contribution in [2.24, 2.45) is 5.92 Å². The molecule has 0 saturated heterocycles. The SMILES string of the molecule is CC(C)C(=O)NCC[C@H](O)C(=O)O. The number of rotatable bonds is 5. The minimum atomic E-state index is -1.40. The highest BCUT2D eigenvalue weighted by atomic mass is 16.4. The Balaban J connectivity index is 3.56. The zero-order chi connectivity index (χ0) is 10.4. The van der Waals surface area contributed by atoms with Gasteiger partial charge < -0.3 is 15.5 Å². The number of aliphatic hydroxyl groups is 1. The summed E-state index contributed by atoms with van der Waals surface area (Å²) >= 11 is 0. The monoisotopic (exact) mass is 189 g/mol. The molecule has 1 atom stereocenters. The lowest BCUT2D eigenvalue weighted by molar-refractivity contribution is -0.147. The quantitative estimate of drug-likeness (QED) is 0.549. The van der Waals surface area contributed by atoms with E-state index in [2.05, 4.69) is 5.32 Å². The second-order valence-corrected chi connectivity index (χ2v) is 3.09. The van der Waals surface area contributed by atoms with E-state index in [1.54, 1.807) is 13.8 Å². The van der Waals surface area contributed by atoms with E-state index >= 15 is 0 Å². The molecule has 0 saturated carbocycles. The Morgan fingerprint density at radius 1 is 1.38 bits per heavy atom. The van der Waals surface area contributed by atoms with Gasteiger partial charge in [-0.15, -0.1) is 0 Å². The van der Waals surface area contributed by atoms with Crippen LogP contribution in [0.15, 0.2) is 0 Å². The lowest BCUT2D eigenvalue weighted by Crippen LogP contribution is -2.32. The number of carbonyl (C=O) groups is 2. The van der Waals surface area contributed by atoms with E-state index in [0.29, 0.717) is 0 Å². The molecule has 0 aromatic carbocycles. The van der Waals surface area contributed by atoms with E-state index in [4.69, 9.17) is 10.2 Å². The fourth-order valence-electron chi connectivity index (χ4n) is 0.660. The van der Waals surface area contributed by atoms with Crippen molar-refractivity contribution < 1.29 is 19.8 Å². The van der Waals surface area contributed by atoms with Crippen LogP contribution < -0.4 is 5.32 Å². The molecular formula is C8H15NO4. The molecule has 0 spiro atoms. The summed E-state index contributed by atoms with van der Waals surface area (Å²) in [5, 5.41) is 19.6. The Kier molecular flexibility index (Phi) is 5.06. The van der Waals surface area contributed by atoms with E-state index in [0.717, 1.165) is 0 Å². The Hall–Kier alpha value is -1.10. The summed E-state index contributed by atoms with van der Waals surface area (Å²) in [4.78, 5) is 21.1. The molecule has 0 heterocycles. The summed E-state index contributed by atoms with van der Waals surface area (Å²) in [6.45, 7) is 3.66. The highest BCUT2D eigenvalue weighted by molar-refractivity contribution is 5.78. The van der Waals surface area contributed by atoms with Gasteiger partial charge >= 0.3 is 5.97 Å². The zero-order valence-electron chi connectivity index (χ0n) is 7.78. The number of carbonyl (C=O) groups excluding carboxylic acids is 1. The second-order valence-electron chi connectivity index (χ2n) is 3.09. The molecule has 0 bridgehead atoms. The second kappa shape index (κ2) is 5.53. The molecule has 0 radical (unpaired) electrons. The van der Waals surface area contributed by atoms with Crippen LogP contribution in [0.3, 0.4) is 0 Å². The number of hydrogen-bond donors (Lipinski definition) is 3. The third-order valence-electron chi connectivity index (χ3n) is 1.53. The van der Waals surface area contributed by atoms with E-state index in [1.165, 1.54) is 0 Å². The standard InChI is InChI=1S/C8H15NO4/c1-5(2)7(11)9-4-3-6(10)8(12)13/h5-6,10H,3-4H2,1-2H3,(H,9,11)(H,12,13)/t6-/m0/s1. The largest absolute Gasteiger partial charge is 0.479 e. The first kappa shape index (κ1) is 11.9. The van der Waals surface area contributed by atoms with Crippen molar-refractivity contribution >= 4 is 11.9 Å². The van der Waals surface area contributed by atoms with Crippen molar-refractivity contribution in [3.63, 3.8) is 0 Å². The summed E-state index contributed by atoms with van der Waals surface area (Å²) in [5.41, 5.74) is 0. The highest BCUT2D eigenvalue weighted by Gasteiger charge is 2.13. The number of aliphatic hydroxyl groups excluding tert-OH is 1. The maximum absolute atomic E-state index is 11.0. The molecule has 76 valence electrons. The number of nitrogens with one attached hydrogen (secondary N) is 1. The molecule has 13 heavy (non-hydrogen) atoms. The normalized spacial score (nSPS) is 12.6. The topological polar surface area (TPSA) is 86.6 Å². The molecule has 0 aliphatic heterocycles. The highest BCUT2D eigenvalue weighted by Crippen LogP contribution is 1.93. The molecule has 0 aliphatic carbocycles. The molecule has 0 fully saturated rings. The Labute approximate surface area is 76.8 Å². The minimum Gasteiger partial charge on any atom is -0.479 e. The van der Waals surface area contributed by atoms with Gasteiger partial charge in [0.25, 0.3) is 0 Å². The van der Waals surface area contributed by atoms with E-state index in [9.17, 15) is 9.59 Å². The van der Waals surface area contributed by atoms with Crippen molar-refractivity contribution in [1.29, 1.82) is 0 Å². The number of hydrogen-bond acceptors (Lipinski definition) is 3. The van der Waals surface area contributed by atoms with Gasteiger partial charge in [-0.25, -0.2) is 4.79 Å². The van der Waals surface area contributed by atoms with E-state index in [-0.39, 0.29) is 24.8 Å². The molecule has 0 aliphatic rings. The predicted molar refractivity (Wildman–Crippen MR) is 46.1 cm³/mol. The first-order valence-electron chi connectivity index (χ1n) is 4.13. The van der Waals surface area contributed by atoms with Crippen molar-refractivity contribution in [1.82, 2.24) is 5.32 Å². The maximum Gasteiger partial charge on any atom is 0.332 e. The molecule has 0 unspecified atom stereocenters. The van der Waals surface area contributed by atoms with E-state index in [1.807, 2.05) is 0 Å². The lowest BCUT2D eigenvalue weighted by atomic mass is 10.2. The molecular weight excluding hydrogens is 174 g/mol. The van der Waals surface area contributed by atoms with Gasteiger partial charge in [-0.1, -0.05) is 13.8 Å². The van der Waals surface area contributed by atoms with Crippen LogP contribution in [-0.2, 0) is 9.59 Å². The first-order chi connectivity index (χ1) is 5.95. The van der Waals surface area contributed by atoms with Crippen LogP contribution in [0.1, 0.15) is 20.3 Å². The van der Waals surface area contributed by atoms with Crippen LogP contribution in [0.5, 0.6) is 0 Å². The number of carboxylic acids is 1. The number of carboxylic acid groups (broad SMARTS) is 1. The third-order valence-corrected chi connectivity index (χ3v) is 1.53. The van der Waals surface area contributed by atoms with Crippen molar-refractivity contribution in [3.05, 3.63) is 0 Å². The summed E-state index contributed by atoms with van der Waals surface area (Å²) in [5.74, 6) is -1.53. The van der Waals surface area contributed by atoms with Gasteiger partial charge in [0.05, 0.1) is 0 Å². The van der Waals surface area contributed by atoms with Crippen LogP contribution in [0, 0.1) is 5.92 Å². The van der Waals surface area contributed by atoms with Crippen LogP contribution in [0.2, 0.25) is 0 Å². The van der Waals surface area contributed by atoms with Crippen LogP contribution in [0.4, 0.5) is 0 Å². The van der Waals surface area contributed by atoms with E-state index < -0.39 is 12.1 Å². The summed E-state index contributed by atoms with van der Waals surface area (Å²) < 4.78 is 0. The fourth-order valence-corrected chi connectivity index (χ4v) is 0.660. The smallest absolute Gasteiger partial charge is 0.332 e. The fraction of sp³-hybridized carbons (Fsp3) is 0.750. The molecule has 0 aromatic rings. The molecule has 5 nitrogen and oxygen atoms in total. The minimum absolute atomic E-state index is 0.0355. The van der Waals surface area contributed by atoms with Gasteiger partial charge in [0.1, 0.15) is 0 Å². The number of aliphatic carboxylic acids is 1. The number of amides is 1. The molecule has 1 amide bonds. The van der Waals surface area contributed by atoms with Gasteiger partial charge in [0.2, 0.25) is 5.91 Å². The summed E-state index contributed by atoms with van der Waals surface area (Å²) in [7, 11) is 0. The predicted octanol–water partition coefficient (Wildman–Crippen LogP) is -0.406. The molecule has 5 heteroatoms. The average Bonchev–Trinajstić information content (AvgIpc) is 2.03. The van der Waals surface area contributed by atoms with Crippen molar-refractivity contribution in [2.45, 2.75) is 26.4 Å². The molecule has 3 N–H and O–H groups in total.